The molecule has 4 rings (SSSR count). The maximum atomic E-state index is 12.9. The van der Waals surface area contributed by atoms with Crippen molar-refractivity contribution in [2.24, 2.45) is 0 Å². The van der Waals surface area contributed by atoms with Crippen LogP contribution in [0.4, 0.5) is 0 Å². The number of aromatic nitrogens is 3. The SMILES string of the molecule is COc1nc2c(cc1CNC(=O)[C@@H](C)n1ccnc1)C(=O)N(C1CCCC1)C2. The number of methoxy groups -OCH3 is 1. The van der Waals surface area contributed by atoms with Crippen molar-refractivity contribution in [2.45, 2.75) is 57.8 Å². The van der Waals surface area contributed by atoms with Crippen LogP contribution < -0.4 is 10.1 Å². The summed E-state index contributed by atoms with van der Waals surface area (Å²) in [5.41, 5.74) is 2.09. The molecule has 0 radical (unpaired) electrons. The molecule has 0 bridgehead atoms. The fraction of sp³-hybridized carbons (Fsp3) is 0.500. The van der Waals surface area contributed by atoms with Gasteiger partial charge in [0.25, 0.3) is 5.91 Å². The third-order valence-electron chi connectivity index (χ3n) is 5.72. The van der Waals surface area contributed by atoms with Crippen LogP contribution in [0, 0.1) is 0 Å². The van der Waals surface area contributed by atoms with Crippen LogP contribution in [0.3, 0.4) is 0 Å². The average molecular weight is 383 g/mol. The van der Waals surface area contributed by atoms with Gasteiger partial charge in [-0.05, 0) is 25.8 Å². The Morgan fingerprint density at radius 1 is 1.39 bits per heavy atom. The van der Waals surface area contributed by atoms with Crippen LogP contribution in [0.2, 0.25) is 0 Å². The highest BCUT2D eigenvalue weighted by Crippen LogP contribution is 2.33. The molecule has 1 atom stereocenters. The molecule has 2 aliphatic rings. The van der Waals surface area contributed by atoms with E-state index in [2.05, 4.69) is 15.3 Å². The topological polar surface area (TPSA) is 89.3 Å². The summed E-state index contributed by atoms with van der Waals surface area (Å²) >= 11 is 0. The van der Waals surface area contributed by atoms with Gasteiger partial charge in [-0.25, -0.2) is 9.97 Å². The summed E-state index contributed by atoms with van der Waals surface area (Å²) < 4.78 is 7.16. The molecular formula is C20H25N5O3. The zero-order valence-corrected chi connectivity index (χ0v) is 16.2. The van der Waals surface area contributed by atoms with Gasteiger partial charge in [-0.15, -0.1) is 0 Å². The number of nitrogens with one attached hydrogen (secondary N) is 1. The average Bonchev–Trinajstić information content (AvgIpc) is 3.46. The molecule has 3 heterocycles. The van der Waals surface area contributed by atoms with Crippen LogP contribution in [0.15, 0.2) is 24.8 Å². The number of pyridine rings is 1. The number of carbonyl (C=O) groups excluding carboxylic acids is 2. The first kappa shape index (κ1) is 18.5. The third kappa shape index (κ3) is 3.34. The van der Waals surface area contributed by atoms with Crippen molar-refractivity contribution >= 4 is 11.8 Å². The van der Waals surface area contributed by atoms with Crippen molar-refractivity contribution in [1.29, 1.82) is 0 Å². The Morgan fingerprint density at radius 3 is 2.86 bits per heavy atom. The Morgan fingerprint density at radius 2 is 2.18 bits per heavy atom. The van der Waals surface area contributed by atoms with Gasteiger partial charge >= 0.3 is 0 Å². The molecule has 28 heavy (non-hydrogen) atoms. The van der Waals surface area contributed by atoms with Crippen LogP contribution in [0.5, 0.6) is 5.88 Å². The van der Waals surface area contributed by atoms with E-state index in [-0.39, 0.29) is 24.4 Å². The predicted molar refractivity (Wildman–Crippen MR) is 102 cm³/mol. The maximum absolute atomic E-state index is 12.9. The zero-order valence-electron chi connectivity index (χ0n) is 16.2. The first-order valence-electron chi connectivity index (χ1n) is 9.71. The summed E-state index contributed by atoms with van der Waals surface area (Å²) in [6, 6.07) is 1.75. The first-order valence-corrected chi connectivity index (χ1v) is 9.71. The summed E-state index contributed by atoms with van der Waals surface area (Å²) in [5, 5.41) is 2.90. The van der Waals surface area contributed by atoms with Gasteiger partial charge in [0.05, 0.1) is 31.2 Å². The number of fused-ring (bicyclic) bond motifs is 1. The molecule has 8 heteroatoms. The Balaban J connectivity index is 1.49. The molecule has 0 saturated heterocycles. The molecule has 0 unspecified atom stereocenters. The first-order chi connectivity index (χ1) is 13.6. The highest BCUT2D eigenvalue weighted by molar-refractivity contribution is 5.98. The highest BCUT2D eigenvalue weighted by Gasteiger charge is 2.36. The molecule has 0 aromatic carbocycles. The normalized spacial score (nSPS) is 17.6. The lowest BCUT2D eigenvalue weighted by Gasteiger charge is -2.22. The minimum Gasteiger partial charge on any atom is -0.481 e. The van der Waals surface area contributed by atoms with Crippen molar-refractivity contribution < 1.29 is 14.3 Å². The molecule has 1 saturated carbocycles. The van der Waals surface area contributed by atoms with E-state index in [1.54, 1.807) is 37.3 Å². The molecule has 2 amide bonds. The van der Waals surface area contributed by atoms with Gasteiger partial charge in [-0.3, -0.25) is 9.59 Å². The molecule has 2 aromatic rings. The van der Waals surface area contributed by atoms with Crippen molar-refractivity contribution in [3.05, 3.63) is 41.6 Å². The minimum atomic E-state index is -0.379. The number of imidazole rings is 1. The number of ether oxygens (including phenoxy) is 1. The maximum Gasteiger partial charge on any atom is 0.256 e. The van der Waals surface area contributed by atoms with Crippen molar-refractivity contribution in [2.75, 3.05) is 7.11 Å². The number of hydrogen-bond acceptors (Lipinski definition) is 5. The lowest BCUT2D eigenvalue weighted by Crippen LogP contribution is -2.33. The molecule has 1 aliphatic carbocycles. The lowest BCUT2D eigenvalue weighted by atomic mass is 10.1. The number of nitrogens with zero attached hydrogens (tertiary/aromatic N) is 4. The van der Waals surface area contributed by atoms with E-state index in [9.17, 15) is 9.59 Å². The number of amides is 2. The number of carbonyl (C=O) groups is 2. The molecule has 1 N–H and O–H groups in total. The van der Waals surface area contributed by atoms with Crippen LogP contribution in [-0.4, -0.2) is 44.4 Å². The van der Waals surface area contributed by atoms with Gasteiger partial charge in [0.15, 0.2) is 0 Å². The number of hydrogen-bond donors (Lipinski definition) is 1. The second-order valence-electron chi connectivity index (χ2n) is 7.43. The fourth-order valence-electron chi connectivity index (χ4n) is 4.05. The van der Waals surface area contributed by atoms with Crippen LogP contribution in [-0.2, 0) is 17.9 Å². The smallest absolute Gasteiger partial charge is 0.256 e. The van der Waals surface area contributed by atoms with Crippen molar-refractivity contribution in [1.82, 2.24) is 24.8 Å². The molecule has 1 aliphatic heterocycles. The Bertz CT molecular complexity index is 874. The summed E-state index contributed by atoms with van der Waals surface area (Å²) in [4.78, 5) is 35.8. The Kier molecular flexibility index (Phi) is 5.02. The van der Waals surface area contributed by atoms with Crippen LogP contribution >= 0.6 is 0 Å². The van der Waals surface area contributed by atoms with Crippen molar-refractivity contribution in [3.63, 3.8) is 0 Å². The van der Waals surface area contributed by atoms with Gasteiger partial charge in [0.1, 0.15) is 6.04 Å². The van der Waals surface area contributed by atoms with Gasteiger partial charge < -0.3 is 19.5 Å². The Labute approximate surface area is 163 Å². The fourth-order valence-corrected chi connectivity index (χ4v) is 4.05. The summed E-state index contributed by atoms with van der Waals surface area (Å²) in [6.45, 7) is 2.59. The quantitative estimate of drug-likeness (QED) is 0.825. The predicted octanol–water partition coefficient (Wildman–Crippen LogP) is 2.06. The van der Waals surface area contributed by atoms with Gasteiger partial charge in [0, 0.05) is 30.5 Å². The molecule has 148 valence electrons. The number of rotatable bonds is 6. The monoisotopic (exact) mass is 383 g/mol. The van der Waals surface area contributed by atoms with Crippen molar-refractivity contribution in [3.8, 4) is 5.88 Å². The standard InChI is InChI=1S/C20H25N5O3/c1-13(24-8-7-21-12-24)18(26)22-10-14-9-16-17(23-19(14)28-2)11-25(20(16)27)15-5-3-4-6-15/h7-9,12-13,15H,3-6,10-11H2,1-2H3,(H,22,26)/t13-/m1/s1. The molecule has 2 aromatic heterocycles. The third-order valence-corrected chi connectivity index (χ3v) is 5.72. The van der Waals surface area contributed by atoms with Gasteiger partial charge in [-0.2, -0.15) is 0 Å². The van der Waals surface area contributed by atoms with E-state index in [1.165, 1.54) is 12.8 Å². The zero-order chi connectivity index (χ0) is 19.7. The second kappa shape index (κ2) is 7.61. The van der Waals surface area contributed by atoms with E-state index in [0.717, 1.165) is 18.5 Å². The highest BCUT2D eigenvalue weighted by atomic mass is 16.5. The largest absolute Gasteiger partial charge is 0.481 e. The van der Waals surface area contributed by atoms with E-state index >= 15 is 0 Å². The molecule has 1 fully saturated rings. The van der Waals surface area contributed by atoms with E-state index < -0.39 is 0 Å². The second-order valence-corrected chi connectivity index (χ2v) is 7.43. The molecular weight excluding hydrogens is 358 g/mol. The summed E-state index contributed by atoms with van der Waals surface area (Å²) in [7, 11) is 1.56. The summed E-state index contributed by atoms with van der Waals surface area (Å²) in [5.74, 6) is 0.353. The molecule has 0 spiro atoms. The summed E-state index contributed by atoms with van der Waals surface area (Å²) in [6.07, 6.45) is 9.47. The van der Waals surface area contributed by atoms with E-state index in [0.29, 0.717) is 29.6 Å². The molecule has 8 nitrogen and oxygen atoms in total. The van der Waals surface area contributed by atoms with E-state index in [1.807, 2.05) is 11.0 Å². The lowest BCUT2D eigenvalue weighted by molar-refractivity contribution is -0.124. The van der Waals surface area contributed by atoms with Crippen LogP contribution in [0.25, 0.3) is 0 Å². The minimum absolute atomic E-state index is 0.0383. The Hall–Kier alpha value is -2.90. The van der Waals surface area contributed by atoms with Gasteiger partial charge in [-0.1, -0.05) is 12.8 Å². The van der Waals surface area contributed by atoms with Crippen LogP contribution in [0.1, 0.15) is 60.3 Å². The van der Waals surface area contributed by atoms with Gasteiger partial charge in [0.2, 0.25) is 11.8 Å². The van der Waals surface area contributed by atoms with E-state index in [4.69, 9.17) is 4.74 Å².